The van der Waals surface area contributed by atoms with Gasteiger partial charge in [0.25, 0.3) is 5.91 Å². The van der Waals surface area contributed by atoms with E-state index in [-0.39, 0.29) is 18.9 Å². The third-order valence-corrected chi connectivity index (χ3v) is 6.14. The molecule has 0 radical (unpaired) electrons. The fourth-order valence-corrected chi connectivity index (χ4v) is 4.03. The molecule has 1 aliphatic heterocycles. The number of hydrogen-bond acceptors (Lipinski definition) is 5. The minimum absolute atomic E-state index is 0.0338. The molecule has 38 heavy (non-hydrogen) atoms. The van der Waals surface area contributed by atoms with Crippen molar-refractivity contribution in [2.45, 2.75) is 31.4 Å². The van der Waals surface area contributed by atoms with E-state index in [0.29, 0.717) is 5.69 Å². The average Bonchev–Trinajstić information content (AvgIpc) is 3.34. The van der Waals surface area contributed by atoms with Gasteiger partial charge in [0, 0.05) is 24.8 Å². The van der Waals surface area contributed by atoms with Crippen molar-refractivity contribution in [3.63, 3.8) is 0 Å². The van der Waals surface area contributed by atoms with Crippen molar-refractivity contribution in [1.82, 2.24) is 15.1 Å². The molecule has 0 aromatic heterocycles. The van der Waals surface area contributed by atoms with Crippen molar-refractivity contribution in [3.05, 3.63) is 66.0 Å². The molecule has 9 nitrogen and oxygen atoms in total. The Morgan fingerprint density at radius 2 is 1.76 bits per heavy atom. The van der Waals surface area contributed by atoms with Crippen LogP contribution in [0, 0.1) is 23.1 Å². The van der Waals surface area contributed by atoms with Crippen LogP contribution in [0.4, 0.5) is 18.9 Å². The van der Waals surface area contributed by atoms with E-state index >= 15 is 0 Å². The lowest BCUT2D eigenvalue weighted by molar-refractivity contribution is -0.150. The van der Waals surface area contributed by atoms with E-state index in [2.05, 4.69) is 5.32 Å². The Bertz CT molecular complexity index is 1230. The number of nitrogens with zero attached hydrogens (tertiary/aromatic N) is 3. The molecule has 1 heterocycles. The fraction of sp³-hybridized carbons (Fsp3) is 0.346. The summed E-state index contributed by atoms with van der Waals surface area (Å²) in [6.07, 6.45) is 0.115. The number of benzene rings is 2. The Morgan fingerprint density at radius 1 is 1.13 bits per heavy atom. The topological polar surface area (TPSA) is 123 Å². The van der Waals surface area contributed by atoms with Crippen LogP contribution in [0.2, 0.25) is 0 Å². The first-order chi connectivity index (χ1) is 17.9. The van der Waals surface area contributed by atoms with E-state index in [4.69, 9.17) is 0 Å². The monoisotopic (exact) mass is 529 g/mol. The van der Waals surface area contributed by atoms with Crippen molar-refractivity contribution in [1.29, 1.82) is 5.26 Å². The summed E-state index contributed by atoms with van der Waals surface area (Å²) in [5, 5.41) is 14.1. The van der Waals surface area contributed by atoms with Gasteiger partial charge in [-0.05, 0) is 49.7 Å². The summed E-state index contributed by atoms with van der Waals surface area (Å²) in [6.45, 7) is 0.645. The number of para-hydroxylation sites is 1. The lowest BCUT2D eigenvalue weighted by Crippen LogP contribution is -2.52. The Balaban J connectivity index is 1.57. The number of hydrogen-bond donors (Lipinski definition) is 2. The highest BCUT2D eigenvalue weighted by Gasteiger charge is 2.43. The van der Waals surface area contributed by atoms with Crippen LogP contribution in [-0.4, -0.2) is 65.6 Å². The molecular weight excluding hydrogens is 503 g/mol. The number of halogens is 3. The number of carbonyl (C=O) groups is 4. The van der Waals surface area contributed by atoms with Crippen LogP contribution in [0.5, 0.6) is 0 Å². The molecule has 0 bridgehead atoms. The number of rotatable bonds is 8. The molecule has 2 aromatic carbocycles. The highest BCUT2D eigenvalue weighted by atomic mass is 19.3. The quantitative estimate of drug-likeness (QED) is 0.543. The van der Waals surface area contributed by atoms with Crippen LogP contribution >= 0.6 is 0 Å². The van der Waals surface area contributed by atoms with Crippen molar-refractivity contribution < 1.29 is 32.3 Å². The smallest absolute Gasteiger partial charge is 0.339 e. The molecule has 0 aliphatic carbocycles. The molecule has 0 saturated carbocycles. The van der Waals surface area contributed by atoms with Crippen LogP contribution in [-0.2, 0) is 25.1 Å². The number of alkyl halides is 2. The molecule has 4 amide bonds. The summed E-state index contributed by atoms with van der Waals surface area (Å²) in [5.74, 6) is -8.97. The molecular formula is C26H26F3N5O4. The predicted molar refractivity (Wildman–Crippen MR) is 130 cm³/mol. The molecule has 12 heteroatoms. The van der Waals surface area contributed by atoms with Gasteiger partial charge in [0.05, 0.1) is 18.5 Å². The van der Waals surface area contributed by atoms with Crippen molar-refractivity contribution >= 4 is 29.3 Å². The number of amides is 4. The molecule has 1 aliphatic rings. The van der Waals surface area contributed by atoms with E-state index in [1.165, 1.54) is 18.9 Å². The Labute approximate surface area is 217 Å². The maximum atomic E-state index is 14.5. The first-order valence-electron chi connectivity index (χ1n) is 11.7. The highest BCUT2D eigenvalue weighted by molar-refractivity contribution is 5.95. The van der Waals surface area contributed by atoms with Gasteiger partial charge < -0.3 is 20.4 Å². The zero-order chi connectivity index (χ0) is 28.0. The Hall–Kier alpha value is -4.40. The molecule has 2 N–H and O–H groups in total. The van der Waals surface area contributed by atoms with Crippen molar-refractivity contribution in [3.8, 4) is 6.07 Å². The van der Waals surface area contributed by atoms with Gasteiger partial charge >= 0.3 is 5.92 Å². The standard InChI is InChI=1S/C26H26F3N5O4/c1-16(31-25(38)26(28,29)18-8-10-19(27)11-9-18)24(37)33(2)15-22(35)34-14-17(12-21(34)13-30)23(36)32-20-6-4-3-5-7-20/h3-11,16-17,21H,12,14-15H2,1-2H3,(H,31,38)(H,32,36). The van der Waals surface area contributed by atoms with E-state index in [1.54, 1.807) is 30.3 Å². The van der Waals surface area contributed by atoms with E-state index < -0.39 is 59.6 Å². The minimum atomic E-state index is -4.03. The predicted octanol–water partition coefficient (Wildman–Crippen LogP) is 2.26. The third kappa shape index (κ3) is 6.47. The molecule has 3 unspecified atom stereocenters. The van der Waals surface area contributed by atoms with Crippen LogP contribution in [0.15, 0.2) is 54.6 Å². The van der Waals surface area contributed by atoms with Crippen LogP contribution < -0.4 is 10.6 Å². The number of anilines is 1. The van der Waals surface area contributed by atoms with Gasteiger partial charge in [-0.3, -0.25) is 19.2 Å². The first kappa shape index (κ1) is 28.2. The molecule has 0 spiro atoms. The van der Waals surface area contributed by atoms with Crippen molar-refractivity contribution in [2.75, 3.05) is 25.5 Å². The van der Waals surface area contributed by atoms with Gasteiger partial charge in [-0.2, -0.15) is 14.0 Å². The van der Waals surface area contributed by atoms with E-state index in [1.807, 2.05) is 11.4 Å². The zero-order valence-corrected chi connectivity index (χ0v) is 20.7. The second kappa shape index (κ2) is 11.8. The van der Waals surface area contributed by atoms with Gasteiger partial charge in [0.15, 0.2) is 0 Å². The second-order valence-corrected chi connectivity index (χ2v) is 8.95. The molecule has 200 valence electrons. The molecule has 3 rings (SSSR count). The lowest BCUT2D eigenvalue weighted by Gasteiger charge is -2.26. The highest BCUT2D eigenvalue weighted by Crippen LogP contribution is 2.28. The molecule has 2 aromatic rings. The zero-order valence-electron chi connectivity index (χ0n) is 20.7. The summed E-state index contributed by atoms with van der Waals surface area (Å²) in [4.78, 5) is 52.5. The summed E-state index contributed by atoms with van der Waals surface area (Å²) < 4.78 is 41.9. The maximum Gasteiger partial charge on any atom is 0.349 e. The molecule has 1 saturated heterocycles. The van der Waals surface area contributed by atoms with Crippen molar-refractivity contribution in [2.24, 2.45) is 5.92 Å². The van der Waals surface area contributed by atoms with Crippen LogP contribution in [0.1, 0.15) is 18.9 Å². The maximum absolute atomic E-state index is 14.5. The minimum Gasteiger partial charge on any atom is -0.339 e. The van der Waals surface area contributed by atoms with Crippen LogP contribution in [0.3, 0.4) is 0 Å². The summed E-state index contributed by atoms with van der Waals surface area (Å²) >= 11 is 0. The number of nitriles is 1. The number of likely N-dealkylation sites (N-methyl/N-ethyl adjacent to an activating group) is 1. The van der Waals surface area contributed by atoms with Gasteiger partial charge in [-0.15, -0.1) is 0 Å². The Kier molecular flexibility index (Phi) is 8.72. The van der Waals surface area contributed by atoms with Gasteiger partial charge in [0.2, 0.25) is 17.7 Å². The van der Waals surface area contributed by atoms with Gasteiger partial charge in [-0.1, -0.05) is 18.2 Å². The largest absolute Gasteiger partial charge is 0.349 e. The molecule has 3 atom stereocenters. The molecule has 1 fully saturated rings. The Morgan fingerprint density at radius 3 is 2.37 bits per heavy atom. The normalized spacial score (nSPS) is 17.7. The van der Waals surface area contributed by atoms with Gasteiger partial charge in [0.1, 0.15) is 17.9 Å². The lowest BCUT2D eigenvalue weighted by atomic mass is 10.1. The second-order valence-electron chi connectivity index (χ2n) is 8.95. The SMILES string of the molecule is CC(NC(=O)C(F)(F)c1ccc(F)cc1)C(=O)N(C)CC(=O)N1CC(C(=O)Nc2ccccc2)CC1C#N. The number of likely N-dealkylation sites (tertiary alicyclic amines) is 1. The van der Waals surface area contributed by atoms with Gasteiger partial charge in [-0.25, -0.2) is 4.39 Å². The summed E-state index contributed by atoms with van der Waals surface area (Å²) in [5.41, 5.74) is -0.177. The van der Waals surface area contributed by atoms with Crippen LogP contribution in [0.25, 0.3) is 0 Å². The fourth-order valence-electron chi connectivity index (χ4n) is 4.03. The third-order valence-electron chi connectivity index (χ3n) is 6.14. The summed E-state index contributed by atoms with van der Waals surface area (Å²) in [6, 6.07) is 11.5. The first-order valence-corrected chi connectivity index (χ1v) is 11.7. The number of carbonyl (C=O) groups excluding carboxylic acids is 4. The van der Waals surface area contributed by atoms with E-state index in [0.717, 1.165) is 29.2 Å². The van der Waals surface area contributed by atoms with E-state index in [9.17, 15) is 37.6 Å². The summed E-state index contributed by atoms with van der Waals surface area (Å²) in [7, 11) is 1.25. The average molecular weight is 530 g/mol. The number of nitrogens with one attached hydrogen (secondary N) is 2.